The minimum atomic E-state index is -0.0486. The summed E-state index contributed by atoms with van der Waals surface area (Å²) in [6, 6.07) is 7.27. The zero-order chi connectivity index (χ0) is 21.3. The summed E-state index contributed by atoms with van der Waals surface area (Å²) >= 11 is 7.45. The fourth-order valence-corrected chi connectivity index (χ4v) is 3.54. The predicted octanol–water partition coefficient (Wildman–Crippen LogP) is 3.01. The lowest BCUT2D eigenvalue weighted by molar-refractivity contribution is -0.120. The number of amides is 1. The monoisotopic (exact) mass is 448 g/mol. The lowest BCUT2D eigenvalue weighted by Crippen LogP contribution is -2.28. The van der Waals surface area contributed by atoms with Crippen molar-refractivity contribution in [1.82, 2.24) is 25.1 Å². The molecule has 0 atom stereocenters. The van der Waals surface area contributed by atoms with E-state index >= 15 is 0 Å². The number of aromatic nitrogens is 4. The molecule has 0 unspecified atom stereocenters. The molecular formula is C20H25ClN6O2S. The number of halogens is 1. The molecule has 1 aromatic carbocycles. The lowest BCUT2D eigenvalue weighted by atomic mass is 10.1. The Morgan fingerprint density at radius 2 is 2.03 bits per heavy atom. The van der Waals surface area contributed by atoms with Gasteiger partial charge in [-0.1, -0.05) is 42.4 Å². The minimum absolute atomic E-state index is 0.0486. The first-order valence-corrected chi connectivity index (χ1v) is 11.1. The van der Waals surface area contributed by atoms with Crippen molar-refractivity contribution in [2.45, 2.75) is 25.0 Å². The van der Waals surface area contributed by atoms with Crippen LogP contribution in [0, 0.1) is 0 Å². The standard InChI is InChI=1S/C20H25ClN6O2S/c1-3-30-20-25-18(23-9-11-29-2)16-13-24-27(19(16)26-20)10-8-22-17(28)12-14-4-6-15(21)7-5-14/h4-7,13H,3,8-12H2,1-2H3,(H,22,28)(H,23,25,26). The summed E-state index contributed by atoms with van der Waals surface area (Å²) in [4.78, 5) is 21.4. The normalized spacial score (nSPS) is 11.0. The van der Waals surface area contributed by atoms with Gasteiger partial charge in [0.25, 0.3) is 0 Å². The Labute approximate surface area is 184 Å². The molecule has 1 amide bonds. The van der Waals surface area contributed by atoms with Gasteiger partial charge in [-0.2, -0.15) is 5.10 Å². The molecule has 2 N–H and O–H groups in total. The molecule has 2 heterocycles. The second kappa shape index (κ2) is 11.1. The van der Waals surface area contributed by atoms with Gasteiger partial charge in [0.2, 0.25) is 5.91 Å². The van der Waals surface area contributed by atoms with Crippen LogP contribution in [0.3, 0.4) is 0 Å². The van der Waals surface area contributed by atoms with Gasteiger partial charge in [0.05, 0.1) is 31.2 Å². The number of fused-ring (bicyclic) bond motifs is 1. The zero-order valence-electron chi connectivity index (χ0n) is 17.0. The fourth-order valence-electron chi connectivity index (χ4n) is 2.85. The SMILES string of the molecule is CCSc1nc(NCCOC)c2cnn(CCNC(=O)Cc3ccc(Cl)cc3)c2n1. The largest absolute Gasteiger partial charge is 0.383 e. The Morgan fingerprint density at radius 3 is 2.77 bits per heavy atom. The van der Waals surface area contributed by atoms with Crippen molar-refractivity contribution in [3.05, 3.63) is 41.0 Å². The lowest BCUT2D eigenvalue weighted by Gasteiger charge is -2.09. The summed E-state index contributed by atoms with van der Waals surface area (Å²) in [5, 5.41) is 12.9. The molecule has 0 radical (unpaired) electrons. The van der Waals surface area contributed by atoms with Gasteiger partial charge in [0, 0.05) is 25.2 Å². The summed E-state index contributed by atoms with van der Waals surface area (Å²) in [7, 11) is 1.66. The van der Waals surface area contributed by atoms with Crippen LogP contribution in [0.2, 0.25) is 5.02 Å². The number of nitrogens with one attached hydrogen (secondary N) is 2. The van der Waals surface area contributed by atoms with Crippen LogP contribution in [-0.4, -0.2) is 58.2 Å². The third-order valence-electron chi connectivity index (χ3n) is 4.27. The molecule has 3 rings (SSSR count). The number of nitrogens with zero attached hydrogens (tertiary/aromatic N) is 4. The van der Waals surface area contributed by atoms with Crippen molar-refractivity contribution in [3.8, 4) is 0 Å². The maximum Gasteiger partial charge on any atom is 0.224 e. The van der Waals surface area contributed by atoms with E-state index in [9.17, 15) is 4.79 Å². The van der Waals surface area contributed by atoms with Crippen LogP contribution in [0.25, 0.3) is 11.0 Å². The summed E-state index contributed by atoms with van der Waals surface area (Å²) in [5.74, 6) is 1.57. The average molecular weight is 449 g/mol. The number of carbonyl (C=O) groups is 1. The maximum atomic E-state index is 12.2. The van der Waals surface area contributed by atoms with Gasteiger partial charge in [0.15, 0.2) is 10.8 Å². The first-order chi connectivity index (χ1) is 14.6. The number of anilines is 1. The number of benzene rings is 1. The quantitative estimate of drug-likeness (QED) is 0.264. The smallest absolute Gasteiger partial charge is 0.224 e. The van der Waals surface area contributed by atoms with Crippen LogP contribution in [-0.2, 0) is 22.5 Å². The van der Waals surface area contributed by atoms with E-state index in [-0.39, 0.29) is 5.91 Å². The molecule has 30 heavy (non-hydrogen) atoms. The van der Waals surface area contributed by atoms with Crippen LogP contribution in [0.5, 0.6) is 0 Å². The number of hydrogen-bond donors (Lipinski definition) is 2. The highest BCUT2D eigenvalue weighted by atomic mass is 35.5. The molecule has 0 aliphatic carbocycles. The van der Waals surface area contributed by atoms with E-state index in [2.05, 4.69) is 32.6 Å². The van der Waals surface area contributed by atoms with Crippen molar-refractivity contribution >= 4 is 46.1 Å². The fraction of sp³-hybridized carbons (Fsp3) is 0.400. The Balaban J connectivity index is 1.65. The molecule has 2 aromatic heterocycles. The number of hydrogen-bond acceptors (Lipinski definition) is 7. The van der Waals surface area contributed by atoms with Gasteiger partial charge in [-0.15, -0.1) is 0 Å². The van der Waals surface area contributed by atoms with Crippen LogP contribution in [0.1, 0.15) is 12.5 Å². The van der Waals surface area contributed by atoms with E-state index in [1.54, 1.807) is 41.9 Å². The topological polar surface area (TPSA) is 94.0 Å². The van der Waals surface area contributed by atoms with Crippen LogP contribution in [0.15, 0.2) is 35.6 Å². The summed E-state index contributed by atoms with van der Waals surface area (Å²) in [5.41, 5.74) is 1.66. The van der Waals surface area contributed by atoms with E-state index in [1.165, 1.54) is 0 Å². The summed E-state index contributed by atoms with van der Waals surface area (Å²) in [6.07, 6.45) is 2.06. The van der Waals surface area contributed by atoms with E-state index in [0.717, 1.165) is 28.2 Å². The van der Waals surface area contributed by atoms with Crippen molar-refractivity contribution in [2.75, 3.05) is 37.9 Å². The first kappa shape index (κ1) is 22.3. The van der Waals surface area contributed by atoms with E-state index < -0.39 is 0 Å². The number of thioether (sulfide) groups is 1. The van der Waals surface area contributed by atoms with Crippen molar-refractivity contribution in [2.24, 2.45) is 0 Å². The van der Waals surface area contributed by atoms with Gasteiger partial charge in [-0.05, 0) is 23.4 Å². The zero-order valence-corrected chi connectivity index (χ0v) is 18.6. The first-order valence-electron chi connectivity index (χ1n) is 9.71. The molecule has 0 aliphatic rings. The average Bonchev–Trinajstić information content (AvgIpc) is 3.13. The Hall–Kier alpha value is -2.36. The number of methoxy groups -OCH3 is 1. The van der Waals surface area contributed by atoms with Crippen molar-refractivity contribution < 1.29 is 9.53 Å². The summed E-state index contributed by atoms with van der Waals surface area (Å²) in [6.45, 7) is 4.25. The molecule has 10 heteroatoms. The van der Waals surface area contributed by atoms with Crippen LogP contribution >= 0.6 is 23.4 Å². The number of ether oxygens (including phenoxy) is 1. The Bertz CT molecular complexity index is 979. The Morgan fingerprint density at radius 1 is 1.23 bits per heavy atom. The van der Waals surface area contributed by atoms with Crippen molar-refractivity contribution in [1.29, 1.82) is 0 Å². The van der Waals surface area contributed by atoms with Crippen LogP contribution in [0.4, 0.5) is 5.82 Å². The third-order valence-corrected chi connectivity index (χ3v) is 5.25. The molecule has 0 spiro atoms. The molecule has 0 aliphatic heterocycles. The van der Waals surface area contributed by atoms with Gasteiger partial charge in [-0.25, -0.2) is 14.6 Å². The summed E-state index contributed by atoms with van der Waals surface area (Å²) < 4.78 is 6.90. The molecule has 0 saturated heterocycles. The molecule has 0 fully saturated rings. The molecular weight excluding hydrogens is 424 g/mol. The number of carbonyl (C=O) groups excluding carboxylic acids is 1. The highest BCUT2D eigenvalue weighted by Crippen LogP contribution is 2.24. The Kier molecular flexibility index (Phi) is 8.30. The van der Waals surface area contributed by atoms with Gasteiger partial charge >= 0.3 is 0 Å². The second-order valence-electron chi connectivity index (χ2n) is 6.47. The molecule has 0 saturated carbocycles. The van der Waals surface area contributed by atoms with E-state index in [0.29, 0.717) is 42.8 Å². The third kappa shape index (κ3) is 6.07. The number of rotatable bonds is 11. The molecule has 3 aromatic rings. The van der Waals surface area contributed by atoms with Gasteiger partial charge < -0.3 is 15.4 Å². The second-order valence-corrected chi connectivity index (χ2v) is 8.13. The van der Waals surface area contributed by atoms with E-state index in [1.807, 2.05) is 12.1 Å². The minimum Gasteiger partial charge on any atom is -0.383 e. The predicted molar refractivity (Wildman–Crippen MR) is 120 cm³/mol. The van der Waals surface area contributed by atoms with Crippen molar-refractivity contribution in [3.63, 3.8) is 0 Å². The highest BCUT2D eigenvalue weighted by Gasteiger charge is 2.13. The maximum absolute atomic E-state index is 12.2. The van der Waals surface area contributed by atoms with Gasteiger partial charge in [0.1, 0.15) is 5.82 Å². The van der Waals surface area contributed by atoms with Crippen LogP contribution < -0.4 is 10.6 Å². The molecule has 160 valence electrons. The van der Waals surface area contributed by atoms with E-state index in [4.69, 9.17) is 16.3 Å². The van der Waals surface area contributed by atoms with Gasteiger partial charge in [-0.3, -0.25) is 4.79 Å². The highest BCUT2D eigenvalue weighted by molar-refractivity contribution is 7.99. The molecule has 0 bridgehead atoms. The molecule has 8 nitrogen and oxygen atoms in total.